The van der Waals surface area contributed by atoms with Gasteiger partial charge in [-0.2, -0.15) is 0 Å². The fraction of sp³-hybridized carbons (Fsp3) is 0.467. The molecule has 1 fully saturated rings. The summed E-state index contributed by atoms with van der Waals surface area (Å²) in [6, 6.07) is 9.98. The Morgan fingerprint density at radius 2 is 1.72 bits per heavy atom. The summed E-state index contributed by atoms with van der Waals surface area (Å²) in [7, 11) is 0. The quantitative estimate of drug-likeness (QED) is 0.592. The molecule has 0 N–H and O–H groups in total. The number of carbonyl (C=O) groups excluding carboxylic acids is 2. The molecule has 0 unspecified atom stereocenters. The van der Waals surface area contributed by atoms with Gasteiger partial charge in [0.25, 0.3) is 0 Å². The maximum atomic E-state index is 11.3. The summed E-state index contributed by atoms with van der Waals surface area (Å²) in [5.74, 6) is 0.355. The van der Waals surface area contributed by atoms with Crippen LogP contribution in [0, 0.1) is 5.92 Å². The first-order valence-electron chi connectivity index (χ1n) is 6.39. The molecule has 3 heteroatoms. The van der Waals surface area contributed by atoms with Gasteiger partial charge in [0.1, 0.15) is 11.6 Å². The molecule has 0 spiro atoms. The van der Waals surface area contributed by atoms with E-state index in [1.165, 1.54) is 0 Å². The van der Waals surface area contributed by atoms with Crippen molar-refractivity contribution in [1.29, 1.82) is 0 Å². The molecule has 0 heterocycles. The Labute approximate surface area is 107 Å². The SMILES string of the molecule is O=C1CC(=O)CC(CCOCc2ccccc2)C1. The summed E-state index contributed by atoms with van der Waals surface area (Å²) in [6.45, 7) is 1.20. The third-order valence-electron chi connectivity index (χ3n) is 3.21. The van der Waals surface area contributed by atoms with Gasteiger partial charge in [-0.1, -0.05) is 30.3 Å². The van der Waals surface area contributed by atoms with Gasteiger partial charge >= 0.3 is 0 Å². The Morgan fingerprint density at radius 3 is 2.39 bits per heavy atom. The Kier molecular flexibility index (Phi) is 4.65. The van der Waals surface area contributed by atoms with Crippen molar-refractivity contribution in [3.05, 3.63) is 35.9 Å². The van der Waals surface area contributed by atoms with Crippen LogP contribution in [0.2, 0.25) is 0 Å². The van der Waals surface area contributed by atoms with E-state index in [1.807, 2.05) is 30.3 Å². The van der Waals surface area contributed by atoms with Gasteiger partial charge in [-0.05, 0) is 17.9 Å². The first kappa shape index (κ1) is 13.0. The van der Waals surface area contributed by atoms with Crippen LogP contribution in [0.3, 0.4) is 0 Å². The minimum absolute atomic E-state index is 0.0827. The second kappa shape index (κ2) is 6.45. The van der Waals surface area contributed by atoms with Crippen LogP contribution in [-0.2, 0) is 20.9 Å². The van der Waals surface area contributed by atoms with Crippen molar-refractivity contribution in [2.45, 2.75) is 32.3 Å². The molecule has 1 aliphatic carbocycles. The van der Waals surface area contributed by atoms with E-state index in [-0.39, 0.29) is 23.9 Å². The van der Waals surface area contributed by atoms with E-state index in [0.29, 0.717) is 26.1 Å². The Hall–Kier alpha value is -1.48. The second-order valence-electron chi connectivity index (χ2n) is 4.86. The molecule has 1 saturated carbocycles. The molecule has 3 nitrogen and oxygen atoms in total. The summed E-state index contributed by atoms with van der Waals surface area (Å²) in [4.78, 5) is 22.6. The molecule has 0 amide bonds. The normalized spacial score (nSPS) is 17.1. The van der Waals surface area contributed by atoms with Gasteiger partial charge in [-0.15, -0.1) is 0 Å². The third kappa shape index (κ3) is 4.08. The predicted molar refractivity (Wildman–Crippen MR) is 68.1 cm³/mol. The van der Waals surface area contributed by atoms with Gasteiger partial charge in [0.2, 0.25) is 0 Å². The summed E-state index contributed by atoms with van der Waals surface area (Å²) in [5.41, 5.74) is 1.15. The summed E-state index contributed by atoms with van der Waals surface area (Å²) in [5, 5.41) is 0. The molecule has 18 heavy (non-hydrogen) atoms. The minimum Gasteiger partial charge on any atom is -0.377 e. The highest BCUT2D eigenvalue weighted by molar-refractivity contribution is 6.01. The van der Waals surface area contributed by atoms with Crippen LogP contribution >= 0.6 is 0 Å². The van der Waals surface area contributed by atoms with Gasteiger partial charge in [0, 0.05) is 19.4 Å². The summed E-state index contributed by atoms with van der Waals surface area (Å²) in [6.07, 6.45) is 2.02. The van der Waals surface area contributed by atoms with Crippen molar-refractivity contribution < 1.29 is 14.3 Å². The standard InChI is InChI=1S/C15H18O3/c16-14-8-13(9-15(17)10-14)6-7-18-11-12-4-2-1-3-5-12/h1-5,13H,6-11H2. The minimum atomic E-state index is 0.0827. The number of ether oxygens (including phenoxy) is 1. The average molecular weight is 246 g/mol. The molecule has 96 valence electrons. The van der Waals surface area contributed by atoms with E-state index < -0.39 is 0 Å². The van der Waals surface area contributed by atoms with Gasteiger partial charge < -0.3 is 4.74 Å². The molecular weight excluding hydrogens is 228 g/mol. The third-order valence-corrected chi connectivity index (χ3v) is 3.21. The lowest BCUT2D eigenvalue weighted by atomic mass is 9.85. The van der Waals surface area contributed by atoms with Gasteiger partial charge in [0.05, 0.1) is 13.0 Å². The highest BCUT2D eigenvalue weighted by Crippen LogP contribution is 2.22. The predicted octanol–water partition coefficient (Wildman–Crippen LogP) is 2.53. The zero-order valence-corrected chi connectivity index (χ0v) is 10.4. The maximum Gasteiger partial charge on any atom is 0.140 e. The highest BCUT2D eigenvalue weighted by Gasteiger charge is 2.24. The average Bonchev–Trinajstić information content (AvgIpc) is 2.35. The number of ketones is 2. The number of benzene rings is 1. The van der Waals surface area contributed by atoms with E-state index in [1.54, 1.807) is 0 Å². The maximum absolute atomic E-state index is 11.3. The van der Waals surface area contributed by atoms with E-state index >= 15 is 0 Å². The first-order chi connectivity index (χ1) is 8.74. The fourth-order valence-electron chi connectivity index (χ4n) is 2.30. The molecule has 1 aromatic carbocycles. The number of hydrogen-bond acceptors (Lipinski definition) is 3. The Morgan fingerprint density at radius 1 is 1.06 bits per heavy atom. The number of carbonyl (C=O) groups is 2. The van der Waals surface area contributed by atoms with Crippen molar-refractivity contribution in [3.8, 4) is 0 Å². The fourth-order valence-corrected chi connectivity index (χ4v) is 2.30. The molecular formula is C15H18O3. The van der Waals surface area contributed by atoms with Gasteiger partial charge in [-0.25, -0.2) is 0 Å². The van der Waals surface area contributed by atoms with Crippen LogP contribution in [0.5, 0.6) is 0 Å². The zero-order chi connectivity index (χ0) is 12.8. The van der Waals surface area contributed by atoms with Crippen LogP contribution < -0.4 is 0 Å². The van der Waals surface area contributed by atoms with E-state index in [4.69, 9.17) is 4.74 Å². The van der Waals surface area contributed by atoms with Crippen molar-refractivity contribution in [2.24, 2.45) is 5.92 Å². The van der Waals surface area contributed by atoms with Crippen LogP contribution in [0.15, 0.2) is 30.3 Å². The van der Waals surface area contributed by atoms with Crippen molar-refractivity contribution >= 4 is 11.6 Å². The van der Waals surface area contributed by atoms with Gasteiger partial charge in [0.15, 0.2) is 0 Å². The molecule has 0 radical (unpaired) electrons. The molecule has 0 aromatic heterocycles. The molecule has 0 aliphatic heterocycles. The van der Waals surface area contributed by atoms with E-state index in [9.17, 15) is 9.59 Å². The van der Waals surface area contributed by atoms with E-state index in [0.717, 1.165) is 12.0 Å². The van der Waals surface area contributed by atoms with Crippen LogP contribution in [0.4, 0.5) is 0 Å². The van der Waals surface area contributed by atoms with Crippen LogP contribution in [-0.4, -0.2) is 18.2 Å². The molecule has 1 aliphatic rings. The summed E-state index contributed by atoms with van der Waals surface area (Å²) >= 11 is 0. The van der Waals surface area contributed by atoms with Crippen molar-refractivity contribution in [3.63, 3.8) is 0 Å². The number of rotatable bonds is 5. The topological polar surface area (TPSA) is 43.4 Å². The Bertz CT molecular complexity index is 395. The van der Waals surface area contributed by atoms with Crippen LogP contribution in [0.25, 0.3) is 0 Å². The smallest absolute Gasteiger partial charge is 0.140 e. The van der Waals surface area contributed by atoms with Crippen molar-refractivity contribution in [2.75, 3.05) is 6.61 Å². The summed E-state index contributed by atoms with van der Waals surface area (Å²) < 4.78 is 5.57. The monoisotopic (exact) mass is 246 g/mol. The number of hydrogen-bond donors (Lipinski definition) is 0. The molecule has 0 saturated heterocycles. The van der Waals surface area contributed by atoms with Gasteiger partial charge in [-0.3, -0.25) is 9.59 Å². The highest BCUT2D eigenvalue weighted by atomic mass is 16.5. The van der Waals surface area contributed by atoms with Crippen molar-refractivity contribution in [1.82, 2.24) is 0 Å². The lowest BCUT2D eigenvalue weighted by Crippen LogP contribution is -2.23. The zero-order valence-electron chi connectivity index (χ0n) is 10.4. The van der Waals surface area contributed by atoms with E-state index in [2.05, 4.69) is 0 Å². The molecule has 0 atom stereocenters. The second-order valence-corrected chi connectivity index (χ2v) is 4.86. The molecule has 2 rings (SSSR count). The number of Topliss-reactive ketones (excluding diaryl/α,β-unsaturated/α-hetero) is 2. The lowest BCUT2D eigenvalue weighted by molar-refractivity contribution is -0.131. The van der Waals surface area contributed by atoms with Crippen LogP contribution in [0.1, 0.15) is 31.2 Å². The molecule has 1 aromatic rings. The lowest BCUT2D eigenvalue weighted by Gasteiger charge is -2.19. The first-order valence-corrected chi connectivity index (χ1v) is 6.39. The largest absolute Gasteiger partial charge is 0.377 e. The molecule has 0 bridgehead atoms. The Balaban J connectivity index is 1.66.